The number of likely N-dealkylation sites (N-methyl/N-ethyl adjacent to an activating group) is 1. The summed E-state index contributed by atoms with van der Waals surface area (Å²) in [5.74, 6) is -0.215. The lowest BCUT2D eigenvalue weighted by Crippen LogP contribution is -2.40. The second-order valence-corrected chi connectivity index (χ2v) is 7.53. The van der Waals surface area contributed by atoms with Gasteiger partial charge in [-0.15, -0.1) is 4.73 Å². The zero-order chi connectivity index (χ0) is 18.0. The number of hydrogen-bond donors (Lipinski definition) is 3. The van der Waals surface area contributed by atoms with Crippen LogP contribution in [0.25, 0.3) is 0 Å². The van der Waals surface area contributed by atoms with Crippen molar-refractivity contribution in [1.29, 1.82) is 0 Å². The standard InChI is InChI=1S/C16H23N3O5S/c1-2-18-15-10(17-16(18)23)9-25-11(15)5-3-4-6-14(22)24-19-12(20)7-8-13(19)21/h7-8,10-11,15,20-21H,2-6,9H2,1H3,(H,17,23). The summed E-state index contributed by atoms with van der Waals surface area (Å²) in [7, 11) is 0. The van der Waals surface area contributed by atoms with E-state index in [2.05, 4.69) is 5.32 Å². The zero-order valence-corrected chi connectivity index (χ0v) is 14.9. The van der Waals surface area contributed by atoms with Gasteiger partial charge in [-0.1, -0.05) is 6.42 Å². The van der Waals surface area contributed by atoms with Crippen molar-refractivity contribution < 1.29 is 24.6 Å². The molecule has 138 valence electrons. The number of urea groups is 1. The third-order valence-corrected chi connectivity index (χ3v) is 6.16. The number of fused-ring (bicyclic) bond motifs is 1. The molecule has 1 aromatic heterocycles. The van der Waals surface area contributed by atoms with Crippen LogP contribution in [0.3, 0.4) is 0 Å². The molecule has 3 unspecified atom stereocenters. The van der Waals surface area contributed by atoms with Crippen molar-refractivity contribution in [3.63, 3.8) is 0 Å². The smallest absolute Gasteiger partial charge is 0.333 e. The van der Waals surface area contributed by atoms with Gasteiger partial charge in [-0.3, -0.25) is 0 Å². The molecule has 3 atom stereocenters. The molecule has 0 aliphatic carbocycles. The molecule has 1 aromatic rings. The second kappa shape index (κ2) is 7.47. The molecular weight excluding hydrogens is 346 g/mol. The first-order chi connectivity index (χ1) is 12.0. The lowest BCUT2D eigenvalue weighted by atomic mass is 10.0. The molecule has 3 rings (SSSR count). The molecular formula is C16H23N3O5S. The SMILES string of the molecule is CCN1C(=O)NC2CSC(CCCCC(=O)On3c(O)ccc3O)C21. The van der Waals surface area contributed by atoms with E-state index in [4.69, 9.17) is 4.84 Å². The van der Waals surface area contributed by atoms with Crippen LogP contribution in [0.1, 0.15) is 32.6 Å². The molecule has 25 heavy (non-hydrogen) atoms. The lowest BCUT2D eigenvalue weighted by Gasteiger charge is -2.26. The molecule has 2 aliphatic heterocycles. The molecule has 2 fully saturated rings. The first-order valence-corrected chi connectivity index (χ1v) is 9.55. The Balaban J connectivity index is 1.41. The van der Waals surface area contributed by atoms with Gasteiger partial charge in [0.25, 0.3) is 0 Å². The van der Waals surface area contributed by atoms with Gasteiger partial charge < -0.3 is 25.3 Å². The first-order valence-electron chi connectivity index (χ1n) is 8.50. The minimum Gasteiger partial charge on any atom is -0.492 e. The number of aromatic hydroxyl groups is 2. The van der Waals surface area contributed by atoms with Crippen LogP contribution < -0.4 is 10.2 Å². The van der Waals surface area contributed by atoms with E-state index in [1.165, 1.54) is 12.1 Å². The Morgan fingerprint density at radius 2 is 2.08 bits per heavy atom. The fourth-order valence-electron chi connectivity index (χ4n) is 3.47. The highest BCUT2D eigenvalue weighted by atomic mass is 32.2. The predicted octanol–water partition coefficient (Wildman–Crippen LogP) is 1.31. The number of carbonyl (C=O) groups is 2. The quantitative estimate of drug-likeness (QED) is 0.495. The molecule has 9 heteroatoms. The molecule has 0 bridgehead atoms. The van der Waals surface area contributed by atoms with E-state index in [0.29, 0.717) is 22.9 Å². The van der Waals surface area contributed by atoms with Crippen molar-refractivity contribution >= 4 is 23.8 Å². The average Bonchev–Trinajstić information content (AvgIpc) is 3.21. The van der Waals surface area contributed by atoms with Crippen LogP contribution in [0, 0.1) is 0 Å². The van der Waals surface area contributed by atoms with Gasteiger partial charge in [0.2, 0.25) is 11.8 Å². The number of nitrogens with zero attached hydrogens (tertiary/aromatic N) is 2. The van der Waals surface area contributed by atoms with Gasteiger partial charge in [0.05, 0.1) is 12.1 Å². The summed E-state index contributed by atoms with van der Waals surface area (Å²) in [6.07, 6.45) is 2.65. The van der Waals surface area contributed by atoms with Crippen molar-refractivity contribution in [3.8, 4) is 11.8 Å². The first kappa shape index (κ1) is 17.8. The second-order valence-electron chi connectivity index (χ2n) is 6.26. The highest BCUT2D eigenvalue weighted by Gasteiger charge is 2.47. The Bertz CT molecular complexity index is 630. The Morgan fingerprint density at radius 1 is 1.36 bits per heavy atom. The Morgan fingerprint density at radius 3 is 2.76 bits per heavy atom. The zero-order valence-electron chi connectivity index (χ0n) is 14.1. The summed E-state index contributed by atoms with van der Waals surface area (Å²) in [5.41, 5.74) is 0. The van der Waals surface area contributed by atoms with Gasteiger partial charge in [-0.25, -0.2) is 9.59 Å². The monoisotopic (exact) mass is 369 g/mol. The number of rotatable bonds is 7. The summed E-state index contributed by atoms with van der Waals surface area (Å²) in [4.78, 5) is 30.5. The fourth-order valence-corrected chi connectivity index (χ4v) is 5.07. The van der Waals surface area contributed by atoms with Crippen molar-refractivity contribution in [3.05, 3.63) is 12.1 Å². The maximum Gasteiger partial charge on any atom is 0.333 e. The van der Waals surface area contributed by atoms with Crippen LogP contribution >= 0.6 is 11.8 Å². The van der Waals surface area contributed by atoms with Gasteiger partial charge in [-0.05, 0) is 19.8 Å². The molecule has 0 aromatic carbocycles. The summed E-state index contributed by atoms with van der Waals surface area (Å²) >= 11 is 1.88. The Labute approximate surface area is 150 Å². The number of amides is 2. The van der Waals surface area contributed by atoms with Crippen molar-refractivity contribution in [2.75, 3.05) is 12.3 Å². The van der Waals surface area contributed by atoms with Gasteiger partial charge in [-0.2, -0.15) is 11.8 Å². The molecule has 0 spiro atoms. The maximum absolute atomic E-state index is 11.9. The van der Waals surface area contributed by atoms with Gasteiger partial charge in [0, 0.05) is 36.1 Å². The van der Waals surface area contributed by atoms with E-state index in [9.17, 15) is 19.8 Å². The normalized spacial score (nSPS) is 25.1. The van der Waals surface area contributed by atoms with Crippen molar-refractivity contribution in [1.82, 2.24) is 14.9 Å². The minimum atomic E-state index is -0.508. The average molecular weight is 369 g/mol. The number of aromatic nitrogens is 1. The largest absolute Gasteiger partial charge is 0.492 e. The van der Waals surface area contributed by atoms with E-state index in [1.807, 2.05) is 23.6 Å². The van der Waals surface area contributed by atoms with Crippen LogP contribution in [-0.4, -0.2) is 61.5 Å². The van der Waals surface area contributed by atoms with Crippen LogP contribution in [0.15, 0.2) is 12.1 Å². The number of unbranched alkanes of at least 4 members (excludes halogenated alkanes) is 1. The van der Waals surface area contributed by atoms with Crippen LogP contribution in [0.4, 0.5) is 4.79 Å². The van der Waals surface area contributed by atoms with E-state index in [-0.39, 0.29) is 36.3 Å². The van der Waals surface area contributed by atoms with Crippen LogP contribution in [-0.2, 0) is 4.79 Å². The van der Waals surface area contributed by atoms with E-state index >= 15 is 0 Å². The molecule has 2 amide bonds. The molecule has 0 saturated carbocycles. The van der Waals surface area contributed by atoms with E-state index in [0.717, 1.165) is 18.6 Å². The molecule has 2 aliphatic rings. The third-order valence-electron chi connectivity index (χ3n) is 4.66. The van der Waals surface area contributed by atoms with Gasteiger partial charge >= 0.3 is 12.0 Å². The summed E-state index contributed by atoms with van der Waals surface area (Å²) in [6.45, 7) is 2.70. The molecule has 0 radical (unpaired) electrons. The number of hydrogen-bond acceptors (Lipinski definition) is 6. The minimum absolute atomic E-state index is 0.0257. The van der Waals surface area contributed by atoms with E-state index < -0.39 is 5.97 Å². The predicted molar refractivity (Wildman–Crippen MR) is 92.6 cm³/mol. The molecule has 8 nitrogen and oxygen atoms in total. The maximum atomic E-state index is 11.9. The topological polar surface area (TPSA) is 104 Å². The van der Waals surface area contributed by atoms with Crippen LogP contribution in [0.5, 0.6) is 11.8 Å². The van der Waals surface area contributed by atoms with Crippen molar-refractivity contribution in [2.24, 2.45) is 0 Å². The van der Waals surface area contributed by atoms with Gasteiger partial charge in [0.15, 0.2) is 0 Å². The van der Waals surface area contributed by atoms with Crippen molar-refractivity contribution in [2.45, 2.75) is 49.9 Å². The highest BCUT2D eigenvalue weighted by Crippen LogP contribution is 2.37. The van der Waals surface area contributed by atoms with E-state index in [1.54, 1.807) is 0 Å². The Kier molecular flexibility index (Phi) is 5.31. The summed E-state index contributed by atoms with van der Waals surface area (Å²) in [5, 5.41) is 22.3. The Hall–Kier alpha value is -2.03. The molecule has 3 heterocycles. The van der Waals surface area contributed by atoms with Gasteiger partial charge in [0.1, 0.15) is 0 Å². The number of nitrogens with one attached hydrogen (secondary N) is 1. The third kappa shape index (κ3) is 3.65. The number of carbonyl (C=O) groups excluding carboxylic acids is 2. The highest BCUT2D eigenvalue weighted by molar-refractivity contribution is 8.00. The number of thioether (sulfide) groups is 1. The van der Waals surface area contributed by atoms with Crippen LogP contribution in [0.2, 0.25) is 0 Å². The lowest BCUT2D eigenvalue weighted by molar-refractivity contribution is -0.145. The fraction of sp³-hybridized carbons (Fsp3) is 0.625. The summed E-state index contributed by atoms with van der Waals surface area (Å²) < 4.78 is 0.703. The summed E-state index contributed by atoms with van der Waals surface area (Å²) in [6, 6.07) is 2.98. The molecule has 2 saturated heterocycles. The molecule has 3 N–H and O–H groups in total.